The first-order valence-corrected chi connectivity index (χ1v) is 14.2. The van der Waals surface area contributed by atoms with Crippen molar-refractivity contribution in [1.82, 2.24) is 15.1 Å². The Hall–Kier alpha value is -5.30. The zero-order valence-electron chi connectivity index (χ0n) is 25.3. The minimum atomic E-state index is -1.32. The molecule has 4 aromatic rings. The maximum Gasteiger partial charge on any atom is 0.323 e. The van der Waals surface area contributed by atoms with Gasteiger partial charge in [-0.3, -0.25) is 14.4 Å². The van der Waals surface area contributed by atoms with Gasteiger partial charge in [-0.15, -0.1) is 5.10 Å². The topological polar surface area (TPSA) is 194 Å². The smallest absolute Gasteiger partial charge is 0.323 e. The molecule has 8 N–H and O–H groups in total. The van der Waals surface area contributed by atoms with Gasteiger partial charge in [-0.25, -0.2) is 9.18 Å². The van der Waals surface area contributed by atoms with Gasteiger partial charge < -0.3 is 32.5 Å². The van der Waals surface area contributed by atoms with Crippen LogP contribution in [0.25, 0.3) is 22.0 Å². The number of nitrogens with two attached hydrogens (primary N) is 2. The molecule has 3 amide bonds. The molecule has 1 aromatic heterocycles. The number of hydrogen-bond acceptors (Lipinski definition) is 7. The van der Waals surface area contributed by atoms with Crippen LogP contribution in [0.5, 0.6) is 0 Å². The Kier molecular flexibility index (Phi) is 9.52. The van der Waals surface area contributed by atoms with Crippen LogP contribution in [-0.4, -0.2) is 50.3 Å². The lowest BCUT2D eigenvalue weighted by atomic mass is 9.90. The molecular formula is C32H36FN7O5. The van der Waals surface area contributed by atoms with E-state index in [2.05, 4.69) is 21.0 Å². The van der Waals surface area contributed by atoms with Crippen molar-refractivity contribution in [3.05, 3.63) is 72.0 Å². The number of urea groups is 1. The molecule has 0 radical (unpaired) electrons. The molecule has 0 aliphatic carbocycles. The van der Waals surface area contributed by atoms with Gasteiger partial charge in [0.1, 0.15) is 11.9 Å². The van der Waals surface area contributed by atoms with Crippen LogP contribution in [0.2, 0.25) is 0 Å². The van der Waals surface area contributed by atoms with Crippen molar-refractivity contribution >= 4 is 51.9 Å². The number of carboxylic acid groups (broad SMARTS) is 1. The summed E-state index contributed by atoms with van der Waals surface area (Å²) in [4.78, 5) is 49.3. The van der Waals surface area contributed by atoms with Crippen molar-refractivity contribution in [3.63, 3.8) is 0 Å². The summed E-state index contributed by atoms with van der Waals surface area (Å²) < 4.78 is 15.3. The fraction of sp³-hybridized carbons (Fsp3) is 0.281. The van der Waals surface area contributed by atoms with Crippen molar-refractivity contribution in [2.75, 3.05) is 16.4 Å². The number of hydrogen-bond donors (Lipinski definition) is 6. The Morgan fingerprint density at radius 1 is 1.04 bits per heavy atom. The van der Waals surface area contributed by atoms with Crippen molar-refractivity contribution in [3.8, 4) is 11.1 Å². The Balaban J connectivity index is 1.49. The molecule has 0 bridgehead atoms. The molecule has 0 saturated heterocycles. The van der Waals surface area contributed by atoms with Crippen molar-refractivity contribution in [2.24, 2.45) is 11.7 Å². The van der Waals surface area contributed by atoms with Crippen LogP contribution in [0.15, 0.2) is 60.7 Å². The maximum absolute atomic E-state index is 14.0. The van der Waals surface area contributed by atoms with Crippen LogP contribution in [0.3, 0.4) is 0 Å². The summed E-state index contributed by atoms with van der Waals surface area (Å²) in [5.41, 5.74) is 14.3. The summed E-state index contributed by atoms with van der Waals surface area (Å²) in [6, 6.07) is 14.8. The molecule has 12 nitrogen and oxygen atoms in total. The van der Waals surface area contributed by atoms with Gasteiger partial charge in [0.2, 0.25) is 11.8 Å². The molecule has 0 aliphatic heterocycles. The van der Waals surface area contributed by atoms with Crippen molar-refractivity contribution in [1.29, 1.82) is 0 Å². The maximum atomic E-state index is 14.0. The van der Waals surface area contributed by atoms with E-state index in [4.69, 9.17) is 16.6 Å². The van der Waals surface area contributed by atoms with Crippen molar-refractivity contribution < 1.29 is 28.7 Å². The Morgan fingerprint density at radius 2 is 1.73 bits per heavy atom. The number of aromatic nitrogens is 2. The number of halogens is 1. The van der Waals surface area contributed by atoms with Gasteiger partial charge in [-0.05, 0) is 74.2 Å². The lowest BCUT2D eigenvalue weighted by molar-refractivity contribution is -0.140. The number of aryl methyl sites for hydroxylation is 1. The fourth-order valence-corrected chi connectivity index (χ4v) is 5.19. The molecule has 0 spiro atoms. The molecule has 1 heterocycles. The number of rotatable bonds is 10. The summed E-state index contributed by atoms with van der Waals surface area (Å²) in [7, 11) is 0. The minimum Gasteiger partial charge on any atom is -0.480 e. The molecule has 2 atom stereocenters. The van der Waals surface area contributed by atoms with E-state index in [0.717, 1.165) is 16.7 Å². The molecule has 45 heavy (non-hydrogen) atoms. The first-order valence-electron chi connectivity index (χ1n) is 14.2. The van der Waals surface area contributed by atoms with E-state index < -0.39 is 41.2 Å². The monoisotopic (exact) mass is 617 g/mol. The van der Waals surface area contributed by atoms with Crippen LogP contribution >= 0.6 is 0 Å². The van der Waals surface area contributed by atoms with E-state index in [9.17, 15) is 23.6 Å². The number of amides is 3. The third kappa shape index (κ3) is 7.81. The third-order valence-corrected chi connectivity index (χ3v) is 7.21. The first kappa shape index (κ1) is 32.6. The van der Waals surface area contributed by atoms with E-state index >= 15 is 0 Å². The normalized spacial score (nSPS) is 12.8. The van der Waals surface area contributed by atoms with Crippen LogP contribution in [-0.2, 0) is 9.59 Å². The van der Waals surface area contributed by atoms with Gasteiger partial charge in [0.25, 0.3) is 0 Å². The van der Waals surface area contributed by atoms with Crippen LogP contribution < -0.4 is 27.4 Å². The standard InChI is InChI=1S/C32H36FN7O5/c1-17-8-13-22(33)24(14-17)37-31(45)36-20-11-9-19(10-12-20)21-6-5-7-25-27(21)28(35)39-40(25)29(42)18(2)16-32(3,4)38-26(41)15-23(34)30(43)44/h5-14,18,23H,15-16,34H2,1-4H3,(H2,35,39)(H,38,41)(H,43,44)(H2,36,37,45)/t18?,23-/m0/s1. The highest BCUT2D eigenvalue weighted by atomic mass is 19.1. The average Bonchev–Trinajstić information content (AvgIpc) is 3.30. The number of carbonyl (C=O) groups is 4. The average molecular weight is 618 g/mol. The SMILES string of the molecule is Cc1ccc(F)c(NC(=O)Nc2ccc(-c3cccc4c3c(N)nn4C(=O)C(C)CC(C)(C)NC(=O)C[C@H](N)C(=O)O)cc2)c1. The largest absolute Gasteiger partial charge is 0.480 e. The molecular weight excluding hydrogens is 581 g/mol. The first-order chi connectivity index (χ1) is 21.1. The molecule has 3 aromatic carbocycles. The number of nitrogens with zero attached hydrogens (tertiary/aromatic N) is 2. The summed E-state index contributed by atoms with van der Waals surface area (Å²) in [6.45, 7) is 6.97. The molecule has 1 unspecified atom stereocenters. The predicted molar refractivity (Wildman–Crippen MR) is 170 cm³/mol. The summed E-state index contributed by atoms with van der Waals surface area (Å²) >= 11 is 0. The van der Waals surface area contributed by atoms with Gasteiger partial charge in [0, 0.05) is 17.1 Å². The van der Waals surface area contributed by atoms with Gasteiger partial charge in [0.15, 0.2) is 5.82 Å². The number of carbonyl (C=O) groups excluding carboxylic acids is 3. The Morgan fingerprint density at radius 3 is 2.40 bits per heavy atom. The predicted octanol–water partition coefficient (Wildman–Crippen LogP) is 4.74. The van der Waals surface area contributed by atoms with E-state index in [1.807, 2.05) is 6.07 Å². The number of nitrogens with one attached hydrogen (secondary N) is 3. The lowest BCUT2D eigenvalue weighted by Crippen LogP contribution is -2.48. The molecule has 4 rings (SSSR count). The zero-order chi connectivity index (χ0) is 33.1. The number of fused-ring (bicyclic) bond motifs is 1. The molecule has 0 aliphatic rings. The third-order valence-electron chi connectivity index (χ3n) is 7.21. The van der Waals surface area contributed by atoms with E-state index in [-0.39, 0.29) is 30.3 Å². The van der Waals surface area contributed by atoms with E-state index in [1.165, 1.54) is 16.8 Å². The summed E-state index contributed by atoms with van der Waals surface area (Å²) in [5, 5.41) is 21.8. The second kappa shape index (κ2) is 13.1. The fourth-order valence-electron chi connectivity index (χ4n) is 5.19. The van der Waals surface area contributed by atoms with Gasteiger partial charge in [0.05, 0.1) is 23.0 Å². The summed E-state index contributed by atoms with van der Waals surface area (Å²) in [5.74, 6) is -3.13. The number of carboxylic acids is 1. The lowest BCUT2D eigenvalue weighted by Gasteiger charge is -2.29. The number of benzene rings is 3. The van der Waals surface area contributed by atoms with Crippen molar-refractivity contribution in [2.45, 2.75) is 52.1 Å². The number of anilines is 3. The molecule has 0 fully saturated rings. The van der Waals surface area contributed by atoms with E-state index in [1.54, 1.807) is 70.2 Å². The highest BCUT2D eigenvalue weighted by molar-refractivity contribution is 6.06. The highest BCUT2D eigenvalue weighted by Gasteiger charge is 2.30. The minimum absolute atomic E-state index is 0.0703. The van der Waals surface area contributed by atoms with Gasteiger partial charge in [-0.1, -0.05) is 37.3 Å². The number of aliphatic carboxylic acids is 1. The molecule has 13 heteroatoms. The van der Waals surface area contributed by atoms with E-state index in [0.29, 0.717) is 16.6 Å². The number of nitrogen functional groups attached to an aromatic ring is 1. The Bertz CT molecular complexity index is 1770. The van der Waals surface area contributed by atoms with Gasteiger partial charge >= 0.3 is 12.0 Å². The van der Waals surface area contributed by atoms with Crippen LogP contribution in [0.4, 0.5) is 26.4 Å². The summed E-state index contributed by atoms with van der Waals surface area (Å²) in [6.07, 6.45) is -0.152. The molecule has 236 valence electrons. The quantitative estimate of drug-likeness (QED) is 0.147. The van der Waals surface area contributed by atoms with Crippen LogP contribution in [0.1, 0.15) is 44.0 Å². The highest BCUT2D eigenvalue weighted by Crippen LogP contribution is 2.34. The second-order valence-electron chi connectivity index (χ2n) is 11.7. The van der Waals surface area contributed by atoms with Crippen LogP contribution in [0, 0.1) is 18.7 Å². The molecule has 0 saturated carbocycles. The second-order valence-corrected chi connectivity index (χ2v) is 11.7. The Labute approximate surface area is 259 Å². The zero-order valence-corrected chi connectivity index (χ0v) is 25.3. The van der Waals surface area contributed by atoms with Gasteiger partial charge in [-0.2, -0.15) is 4.68 Å².